The van der Waals surface area contributed by atoms with Crippen LogP contribution in [0.5, 0.6) is 5.75 Å². The van der Waals surface area contributed by atoms with Gasteiger partial charge in [0, 0.05) is 5.92 Å². The fourth-order valence-corrected chi connectivity index (χ4v) is 5.81. The number of alkyl carbamates (subject to hydrolysis) is 1. The molecule has 0 unspecified atom stereocenters. The maximum atomic E-state index is 12.4. The normalized spacial score (nSPS) is 13.2. The Morgan fingerprint density at radius 3 is 2.13 bits per heavy atom. The molecule has 0 heterocycles. The van der Waals surface area contributed by atoms with Gasteiger partial charge in [0.05, 0.1) is 13.2 Å². The lowest BCUT2D eigenvalue weighted by atomic mass is 9.98. The predicted octanol–water partition coefficient (Wildman–Crippen LogP) is 5.25. The number of fused-ring (bicyclic) bond motifs is 3. The first kappa shape index (κ1) is 22.1. The van der Waals surface area contributed by atoms with Crippen LogP contribution in [0.15, 0.2) is 60.7 Å². The molecule has 3 aromatic carbocycles. The molecule has 1 aliphatic carbocycles. The van der Waals surface area contributed by atoms with Crippen LogP contribution < -0.4 is 5.32 Å². The molecule has 5 nitrogen and oxygen atoms in total. The summed E-state index contributed by atoms with van der Waals surface area (Å²) in [5.74, 6) is 0.185. The first-order chi connectivity index (χ1) is 15.0. The fourth-order valence-electron chi connectivity index (χ4n) is 3.91. The molecule has 0 bridgehead atoms. The molecule has 0 saturated heterocycles. The number of amides is 1. The van der Waals surface area contributed by atoms with Gasteiger partial charge in [-0.15, -0.1) is 0 Å². The first-order valence-corrected chi connectivity index (χ1v) is 11.9. The Morgan fingerprint density at radius 1 is 1.03 bits per heavy atom. The molecule has 7 heteroatoms. The van der Waals surface area contributed by atoms with Gasteiger partial charge in [0.1, 0.15) is 18.6 Å². The van der Waals surface area contributed by atoms with E-state index in [1.807, 2.05) is 69.4 Å². The van der Waals surface area contributed by atoms with E-state index in [1.165, 1.54) is 0 Å². The van der Waals surface area contributed by atoms with Gasteiger partial charge in [-0.3, -0.25) is 0 Å². The molecule has 4 rings (SSSR count). The summed E-state index contributed by atoms with van der Waals surface area (Å²) in [7, 11) is 0. The number of hydrogen-bond acceptors (Lipinski definition) is 4. The fraction of sp³-hybridized carbons (Fsp3) is 0.167. The summed E-state index contributed by atoms with van der Waals surface area (Å²) in [5.41, 5.74) is 5.44. The zero-order valence-electron chi connectivity index (χ0n) is 16.3. The van der Waals surface area contributed by atoms with Gasteiger partial charge in [-0.05, 0) is 91.6 Å². The van der Waals surface area contributed by atoms with E-state index in [0.29, 0.717) is 19.8 Å². The van der Waals surface area contributed by atoms with Crippen LogP contribution in [0, 0.1) is 7.14 Å². The van der Waals surface area contributed by atoms with Crippen molar-refractivity contribution in [2.45, 2.75) is 18.4 Å². The van der Waals surface area contributed by atoms with Crippen molar-refractivity contribution in [1.29, 1.82) is 0 Å². The van der Waals surface area contributed by atoms with Crippen molar-refractivity contribution in [2.75, 3.05) is 6.61 Å². The number of ether oxygens (including phenoxy) is 1. The summed E-state index contributed by atoms with van der Waals surface area (Å²) in [4.78, 5) is 24.0. The Kier molecular flexibility index (Phi) is 6.80. The zero-order chi connectivity index (χ0) is 22.0. The predicted molar refractivity (Wildman–Crippen MR) is 135 cm³/mol. The molecule has 1 aliphatic rings. The van der Waals surface area contributed by atoms with Crippen LogP contribution in [0.1, 0.15) is 22.6 Å². The van der Waals surface area contributed by atoms with Crippen LogP contribution in [0.25, 0.3) is 11.1 Å². The topological polar surface area (TPSA) is 75.6 Å². The lowest BCUT2D eigenvalue weighted by molar-refractivity contribution is -0.109. The quantitative estimate of drug-likeness (QED) is 0.286. The standard InChI is InChI=1S/C24H19I2NO4/c25-21-10-14(11-22(26)23(21)29)9-15(12-28)27-24(30)31-13-20-18-7-3-1-5-16(18)17-6-2-4-8-19(17)20/h1-8,10-12,15,20,29H,9,13H2,(H,27,30)/t15-/m0/s1. The number of nitrogens with one attached hydrogen (secondary N) is 1. The molecular formula is C24H19I2NO4. The summed E-state index contributed by atoms with van der Waals surface area (Å²) in [5, 5.41) is 12.6. The number of hydrogen-bond donors (Lipinski definition) is 2. The second-order valence-corrected chi connectivity index (χ2v) is 9.65. The molecule has 0 aliphatic heterocycles. The summed E-state index contributed by atoms with van der Waals surface area (Å²) >= 11 is 4.08. The molecule has 0 fully saturated rings. The third kappa shape index (κ3) is 4.72. The van der Waals surface area contributed by atoms with Crippen LogP contribution in [0.2, 0.25) is 0 Å². The van der Waals surface area contributed by atoms with Crippen LogP contribution in [0.3, 0.4) is 0 Å². The number of carbonyl (C=O) groups excluding carboxylic acids is 2. The van der Waals surface area contributed by atoms with Crippen molar-refractivity contribution in [3.63, 3.8) is 0 Å². The van der Waals surface area contributed by atoms with Gasteiger partial charge in [0.15, 0.2) is 0 Å². The van der Waals surface area contributed by atoms with Gasteiger partial charge < -0.3 is 20.0 Å². The van der Waals surface area contributed by atoms with Crippen LogP contribution in [-0.2, 0) is 16.0 Å². The summed E-state index contributed by atoms with van der Waals surface area (Å²) in [6, 6.07) is 19.1. The van der Waals surface area contributed by atoms with Gasteiger partial charge in [-0.1, -0.05) is 48.5 Å². The Balaban J connectivity index is 1.41. The minimum Gasteiger partial charge on any atom is -0.506 e. The molecular weight excluding hydrogens is 620 g/mol. The average Bonchev–Trinajstić information content (AvgIpc) is 3.09. The molecule has 31 heavy (non-hydrogen) atoms. The highest BCUT2D eigenvalue weighted by atomic mass is 127. The van der Waals surface area contributed by atoms with Gasteiger partial charge in [-0.2, -0.15) is 0 Å². The number of halogens is 2. The van der Waals surface area contributed by atoms with Gasteiger partial charge in [-0.25, -0.2) is 4.79 Å². The summed E-state index contributed by atoms with van der Waals surface area (Å²) in [6.45, 7) is 0.195. The third-order valence-corrected chi connectivity index (χ3v) is 6.99. The minimum atomic E-state index is -0.716. The molecule has 0 spiro atoms. The first-order valence-electron chi connectivity index (χ1n) is 9.71. The largest absolute Gasteiger partial charge is 0.506 e. The maximum Gasteiger partial charge on any atom is 0.407 e. The van der Waals surface area contributed by atoms with Crippen molar-refractivity contribution < 1.29 is 19.4 Å². The van der Waals surface area contributed by atoms with E-state index in [0.717, 1.165) is 27.8 Å². The average molecular weight is 639 g/mol. The van der Waals surface area contributed by atoms with E-state index in [9.17, 15) is 14.7 Å². The van der Waals surface area contributed by atoms with E-state index < -0.39 is 12.1 Å². The number of phenolic OH excluding ortho intramolecular Hbond substituents is 1. The van der Waals surface area contributed by atoms with Crippen LogP contribution >= 0.6 is 45.2 Å². The Bertz CT molecular complexity index is 1080. The maximum absolute atomic E-state index is 12.4. The second-order valence-electron chi connectivity index (χ2n) is 7.32. The molecule has 0 saturated carbocycles. The van der Waals surface area contributed by atoms with E-state index in [4.69, 9.17) is 4.74 Å². The molecule has 158 valence electrons. The third-order valence-electron chi connectivity index (χ3n) is 5.34. The monoisotopic (exact) mass is 639 g/mol. The van der Waals surface area contributed by atoms with E-state index in [1.54, 1.807) is 12.1 Å². The molecule has 0 radical (unpaired) electrons. The van der Waals surface area contributed by atoms with Crippen LogP contribution in [-0.4, -0.2) is 30.1 Å². The minimum absolute atomic E-state index is 0.0342. The SMILES string of the molecule is O=C[C@H](Cc1cc(I)c(O)c(I)c1)NC(=O)OCC1c2ccccc2-c2ccccc21. The highest BCUT2D eigenvalue weighted by Crippen LogP contribution is 2.44. The smallest absolute Gasteiger partial charge is 0.407 e. The second kappa shape index (κ2) is 9.56. The number of aldehydes is 1. The highest BCUT2D eigenvalue weighted by molar-refractivity contribution is 14.1. The summed E-state index contributed by atoms with van der Waals surface area (Å²) in [6.07, 6.45) is 0.399. The molecule has 2 N–H and O–H groups in total. The molecule has 1 atom stereocenters. The number of carbonyl (C=O) groups is 2. The van der Waals surface area contributed by atoms with Gasteiger partial charge in [0.2, 0.25) is 0 Å². The Hall–Kier alpha value is -2.14. The summed E-state index contributed by atoms with van der Waals surface area (Å²) < 4.78 is 6.92. The van der Waals surface area contributed by atoms with E-state index >= 15 is 0 Å². The Morgan fingerprint density at radius 2 is 1.58 bits per heavy atom. The zero-order valence-corrected chi connectivity index (χ0v) is 20.7. The number of aromatic hydroxyl groups is 1. The van der Waals surface area contributed by atoms with Gasteiger partial charge in [0.25, 0.3) is 0 Å². The lowest BCUT2D eigenvalue weighted by Crippen LogP contribution is -2.38. The van der Waals surface area contributed by atoms with E-state index in [-0.39, 0.29) is 18.3 Å². The van der Waals surface area contributed by atoms with E-state index in [2.05, 4.69) is 29.6 Å². The lowest BCUT2D eigenvalue weighted by Gasteiger charge is -2.17. The van der Waals surface area contributed by atoms with Crippen molar-refractivity contribution >= 4 is 57.6 Å². The van der Waals surface area contributed by atoms with Crippen LogP contribution in [0.4, 0.5) is 4.79 Å². The van der Waals surface area contributed by atoms with Gasteiger partial charge >= 0.3 is 6.09 Å². The van der Waals surface area contributed by atoms with Crippen molar-refractivity contribution in [3.05, 3.63) is 84.5 Å². The Labute approximate surface area is 207 Å². The molecule has 1 amide bonds. The van der Waals surface area contributed by atoms with Crippen molar-refractivity contribution in [2.24, 2.45) is 0 Å². The molecule has 0 aromatic heterocycles. The van der Waals surface area contributed by atoms with Crippen molar-refractivity contribution in [1.82, 2.24) is 5.32 Å². The number of benzene rings is 3. The number of rotatable bonds is 6. The highest BCUT2D eigenvalue weighted by Gasteiger charge is 2.29. The number of phenols is 1. The van der Waals surface area contributed by atoms with Crippen molar-refractivity contribution in [3.8, 4) is 16.9 Å². The molecule has 3 aromatic rings.